The van der Waals surface area contributed by atoms with Gasteiger partial charge in [0.25, 0.3) is 0 Å². The van der Waals surface area contributed by atoms with Gasteiger partial charge in [-0.05, 0) is 13.5 Å². The van der Waals surface area contributed by atoms with Crippen molar-refractivity contribution in [3.63, 3.8) is 0 Å². The van der Waals surface area contributed by atoms with Crippen LogP contribution in [0.25, 0.3) is 0 Å². The minimum Gasteiger partial charge on any atom is -0.480 e. The lowest BCUT2D eigenvalue weighted by molar-refractivity contribution is -0.149. The number of alkyl halides is 3. The quantitative estimate of drug-likeness (QED) is 0.726. The van der Waals surface area contributed by atoms with E-state index in [9.17, 15) is 18.0 Å². The van der Waals surface area contributed by atoms with Gasteiger partial charge in [0.05, 0.1) is 6.54 Å². The van der Waals surface area contributed by atoms with Crippen LogP contribution in [-0.2, 0) is 4.79 Å². The molecule has 0 spiro atoms. The largest absolute Gasteiger partial charge is 0.480 e. The number of likely N-dealkylation sites (tertiary alicyclic amines) is 1. The summed E-state index contributed by atoms with van der Waals surface area (Å²) in [4.78, 5) is 12.6. The standard InChI is InChI=1S/C8H13F3N2O2/c1-13-3-2-7(5-13,6(14)15)12-4-8(9,10)11/h12H,2-5H2,1H3,(H,14,15). The number of nitrogens with zero attached hydrogens (tertiary/aromatic N) is 1. The molecule has 1 aliphatic rings. The van der Waals surface area contributed by atoms with Gasteiger partial charge in [-0.15, -0.1) is 0 Å². The number of carboxylic acid groups (broad SMARTS) is 1. The Morgan fingerprint density at radius 1 is 1.60 bits per heavy atom. The maximum absolute atomic E-state index is 12.0. The van der Waals surface area contributed by atoms with E-state index in [1.165, 1.54) is 0 Å². The number of likely N-dealkylation sites (N-methyl/N-ethyl adjacent to an activating group) is 1. The third-order valence-corrected chi connectivity index (χ3v) is 2.50. The molecule has 1 saturated heterocycles. The number of rotatable bonds is 3. The predicted molar refractivity (Wildman–Crippen MR) is 46.5 cm³/mol. The molecule has 0 aromatic carbocycles. The Kier molecular flexibility index (Phi) is 3.25. The molecule has 0 aromatic heterocycles. The first-order valence-corrected chi connectivity index (χ1v) is 4.49. The first kappa shape index (κ1) is 12.3. The lowest BCUT2D eigenvalue weighted by atomic mass is 9.99. The van der Waals surface area contributed by atoms with Gasteiger partial charge in [-0.2, -0.15) is 13.2 Å². The van der Waals surface area contributed by atoms with E-state index in [1.807, 2.05) is 0 Å². The maximum atomic E-state index is 12.0. The molecule has 0 bridgehead atoms. The molecule has 15 heavy (non-hydrogen) atoms. The smallest absolute Gasteiger partial charge is 0.401 e. The molecule has 1 aliphatic heterocycles. The molecule has 0 amide bonds. The molecular weight excluding hydrogens is 213 g/mol. The van der Waals surface area contributed by atoms with Crippen molar-refractivity contribution in [2.24, 2.45) is 0 Å². The van der Waals surface area contributed by atoms with Gasteiger partial charge in [0, 0.05) is 13.1 Å². The molecule has 7 heteroatoms. The maximum Gasteiger partial charge on any atom is 0.401 e. The Labute approximate surface area is 85.1 Å². The monoisotopic (exact) mass is 226 g/mol. The molecule has 1 unspecified atom stereocenters. The van der Waals surface area contributed by atoms with Gasteiger partial charge in [-0.3, -0.25) is 10.1 Å². The van der Waals surface area contributed by atoms with Gasteiger partial charge in [-0.1, -0.05) is 0 Å². The fraction of sp³-hybridized carbons (Fsp3) is 0.875. The van der Waals surface area contributed by atoms with Crippen molar-refractivity contribution in [2.45, 2.75) is 18.1 Å². The topological polar surface area (TPSA) is 52.6 Å². The van der Waals surface area contributed by atoms with E-state index >= 15 is 0 Å². The highest BCUT2D eigenvalue weighted by molar-refractivity contribution is 5.79. The predicted octanol–water partition coefficient (Wildman–Crippen LogP) is 0.297. The number of halogens is 3. The van der Waals surface area contributed by atoms with Crippen LogP contribution in [-0.4, -0.2) is 54.4 Å². The Hall–Kier alpha value is -0.820. The third-order valence-electron chi connectivity index (χ3n) is 2.50. The Balaban J connectivity index is 2.64. The molecule has 0 aliphatic carbocycles. The first-order chi connectivity index (χ1) is 6.75. The van der Waals surface area contributed by atoms with Gasteiger partial charge in [0.2, 0.25) is 0 Å². The Morgan fingerprint density at radius 3 is 2.53 bits per heavy atom. The second-order valence-corrected chi connectivity index (χ2v) is 3.84. The van der Waals surface area contributed by atoms with Crippen molar-refractivity contribution < 1.29 is 23.1 Å². The van der Waals surface area contributed by atoms with Crippen LogP contribution < -0.4 is 5.32 Å². The summed E-state index contributed by atoms with van der Waals surface area (Å²) < 4.78 is 35.9. The number of aliphatic carboxylic acids is 1. The minimum absolute atomic E-state index is 0.0956. The number of carbonyl (C=O) groups is 1. The molecule has 88 valence electrons. The van der Waals surface area contributed by atoms with Crippen LogP contribution >= 0.6 is 0 Å². The molecule has 1 atom stereocenters. The second kappa shape index (κ2) is 3.97. The Bertz CT molecular complexity index is 257. The third kappa shape index (κ3) is 3.07. The number of carboxylic acids is 1. The van der Waals surface area contributed by atoms with Crippen molar-refractivity contribution in [1.82, 2.24) is 10.2 Å². The molecule has 0 aromatic rings. The molecule has 1 fully saturated rings. The van der Waals surface area contributed by atoms with Gasteiger partial charge in [0.15, 0.2) is 0 Å². The lowest BCUT2D eigenvalue weighted by Crippen LogP contribution is -2.56. The van der Waals surface area contributed by atoms with Gasteiger partial charge in [-0.25, -0.2) is 0 Å². The van der Waals surface area contributed by atoms with Crippen LogP contribution in [0.3, 0.4) is 0 Å². The summed E-state index contributed by atoms with van der Waals surface area (Å²) in [6, 6.07) is 0. The normalized spacial score (nSPS) is 28.3. The van der Waals surface area contributed by atoms with Crippen molar-refractivity contribution >= 4 is 5.97 Å². The molecule has 1 heterocycles. The SMILES string of the molecule is CN1CCC(NCC(F)(F)F)(C(=O)O)C1. The molecule has 0 radical (unpaired) electrons. The van der Waals surface area contributed by atoms with Crippen molar-refractivity contribution in [1.29, 1.82) is 0 Å². The lowest BCUT2D eigenvalue weighted by Gasteiger charge is -2.26. The summed E-state index contributed by atoms with van der Waals surface area (Å²) in [5, 5.41) is 11.0. The van der Waals surface area contributed by atoms with Crippen molar-refractivity contribution in [3.8, 4) is 0 Å². The van der Waals surface area contributed by atoms with E-state index in [0.717, 1.165) is 0 Å². The highest BCUT2D eigenvalue weighted by Crippen LogP contribution is 2.22. The van der Waals surface area contributed by atoms with Crippen molar-refractivity contribution in [2.75, 3.05) is 26.7 Å². The first-order valence-electron chi connectivity index (χ1n) is 4.49. The number of hydrogen-bond donors (Lipinski definition) is 2. The van der Waals surface area contributed by atoms with Crippen LogP contribution in [0.1, 0.15) is 6.42 Å². The fourth-order valence-electron chi connectivity index (χ4n) is 1.66. The van der Waals surface area contributed by atoms with E-state index in [0.29, 0.717) is 6.54 Å². The van der Waals surface area contributed by atoms with Gasteiger partial charge in [0.1, 0.15) is 5.54 Å². The summed E-state index contributed by atoms with van der Waals surface area (Å²) in [6.07, 6.45) is -4.20. The number of hydrogen-bond acceptors (Lipinski definition) is 3. The summed E-state index contributed by atoms with van der Waals surface area (Å²) in [7, 11) is 1.68. The average Bonchev–Trinajstić information content (AvgIpc) is 2.44. The Morgan fingerprint density at radius 2 is 2.20 bits per heavy atom. The summed E-state index contributed by atoms with van der Waals surface area (Å²) in [6.45, 7) is -0.692. The fourth-order valence-corrected chi connectivity index (χ4v) is 1.66. The van der Waals surface area contributed by atoms with Crippen LogP contribution in [0.4, 0.5) is 13.2 Å². The van der Waals surface area contributed by atoms with E-state index in [4.69, 9.17) is 5.11 Å². The average molecular weight is 226 g/mol. The van der Waals surface area contributed by atoms with E-state index in [-0.39, 0.29) is 13.0 Å². The van der Waals surface area contributed by atoms with E-state index in [1.54, 1.807) is 11.9 Å². The van der Waals surface area contributed by atoms with Crippen LogP contribution in [0.2, 0.25) is 0 Å². The summed E-state index contributed by atoms with van der Waals surface area (Å²) >= 11 is 0. The molecule has 2 N–H and O–H groups in total. The highest BCUT2D eigenvalue weighted by atomic mass is 19.4. The molecule has 1 rings (SSSR count). The molecular formula is C8H13F3N2O2. The highest BCUT2D eigenvalue weighted by Gasteiger charge is 2.45. The van der Waals surface area contributed by atoms with Crippen LogP contribution in [0.15, 0.2) is 0 Å². The molecule has 4 nitrogen and oxygen atoms in total. The zero-order chi connectivity index (χ0) is 11.7. The summed E-state index contributed by atoms with van der Waals surface area (Å²) in [5.74, 6) is -1.23. The minimum atomic E-state index is -4.39. The number of nitrogens with one attached hydrogen (secondary N) is 1. The van der Waals surface area contributed by atoms with Gasteiger partial charge >= 0.3 is 12.1 Å². The zero-order valence-electron chi connectivity index (χ0n) is 8.26. The zero-order valence-corrected chi connectivity index (χ0v) is 8.26. The van der Waals surface area contributed by atoms with Gasteiger partial charge < -0.3 is 10.0 Å². The van der Waals surface area contributed by atoms with E-state index in [2.05, 4.69) is 5.32 Å². The van der Waals surface area contributed by atoms with Crippen LogP contribution in [0, 0.1) is 0 Å². The van der Waals surface area contributed by atoms with Crippen LogP contribution in [0.5, 0.6) is 0 Å². The molecule has 0 saturated carbocycles. The summed E-state index contributed by atoms with van der Waals surface area (Å²) in [5.41, 5.74) is -1.45. The second-order valence-electron chi connectivity index (χ2n) is 3.84. The van der Waals surface area contributed by atoms with Crippen molar-refractivity contribution in [3.05, 3.63) is 0 Å². The van der Waals surface area contributed by atoms with E-state index < -0.39 is 24.2 Å².